The van der Waals surface area contributed by atoms with Crippen LogP contribution in [0.3, 0.4) is 0 Å². The van der Waals surface area contributed by atoms with Crippen LogP contribution in [-0.4, -0.2) is 56.3 Å². The number of hydrogen-bond donors (Lipinski definition) is 2. The summed E-state index contributed by atoms with van der Waals surface area (Å²) < 4.78 is 35.7. The number of likely N-dealkylation sites (N-methyl/N-ethyl adjacent to an activating group) is 1. The van der Waals surface area contributed by atoms with E-state index in [1.807, 2.05) is 17.3 Å². The summed E-state index contributed by atoms with van der Waals surface area (Å²) in [5.74, 6) is -0.565. The Bertz CT molecular complexity index is 258. The molecule has 1 atom stereocenters. The van der Waals surface area contributed by atoms with E-state index in [0.717, 1.165) is 25.9 Å². The van der Waals surface area contributed by atoms with Crippen LogP contribution in [0.4, 0.5) is 13.2 Å². The van der Waals surface area contributed by atoms with Crippen LogP contribution in [0.2, 0.25) is 0 Å². The standard InChI is InChI=1S/C10H18F3N3O/c1-14-5-8-3-2-4-16(8)6-9(17)15-7-10(11,12)13/h8,14H,2-7H2,1H3,(H,15,17). The lowest BCUT2D eigenvalue weighted by atomic mass is 10.2. The quantitative estimate of drug-likeness (QED) is 0.743. The Kier molecular flexibility index (Phi) is 5.20. The number of nitrogens with one attached hydrogen (secondary N) is 2. The first-order valence-corrected chi connectivity index (χ1v) is 5.64. The van der Waals surface area contributed by atoms with E-state index in [0.29, 0.717) is 0 Å². The second kappa shape index (κ2) is 6.20. The Labute approximate surface area is 98.5 Å². The fraction of sp³-hybridized carbons (Fsp3) is 0.900. The van der Waals surface area contributed by atoms with Crippen LogP contribution in [0.15, 0.2) is 0 Å². The molecule has 1 unspecified atom stereocenters. The first-order valence-electron chi connectivity index (χ1n) is 5.64. The van der Waals surface area contributed by atoms with E-state index in [-0.39, 0.29) is 12.6 Å². The van der Waals surface area contributed by atoms with Gasteiger partial charge in [0.15, 0.2) is 0 Å². The molecule has 1 fully saturated rings. The number of amides is 1. The summed E-state index contributed by atoms with van der Waals surface area (Å²) in [5, 5.41) is 4.90. The number of carbonyl (C=O) groups excluding carboxylic acids is 1. The zero-order valence-corrected chi connectivity index (χ0v) is 9.81. The molecule has 1 rings (SSSR count). The van der Waals surface area contributed by atoms with Crippen molar-refractivity contribution in [3.05, 3.63) is 0 Å². The first-order chi connectivity index (χ1) is 7.92. The predicted octanol–water partition coefficient (Wildman–Crippen LogP) is 0.349. The van der Waals surface area contributed by atoms with E-state index in [9.17, 15) is 18.0 Å². The second-order valence-corrected chi connectivity index (χ2v) is 4.22. The smallest absolute Gasteiger partial charge is 0.346 e. The molecular formula is C10H18F3N3O. The maximum atomic E-state index is 11.9. The van der Waals surface area contributed by atoms with Gasteiger partial charge >= 0.3 is 6.18 Å². The van der Waals surface area contributed by atoms with Gasteiger partial charge in [-0.1, -0.05) is 0 Å². The van der Waals surface area contributed by atoms with Crippen molar-refractivity contribution in [1.82, 2.24) is 15.5 Å². The molecule has 2 N–H and O–H groups in total. The zero-order valence-electron chi connectivity index (χ0n) is 9.81. The molecule has 0 aromatic heterocycles. The summed E-state index contributed by atoms with van der Waals surface area (Å²) in [6.45, 7) is 0.317. The van der Waals surface area contributed by atoms with Crippen molar-refractivity contribution in [2.24, 2.45) is 0 Å². The molecule has 0 aromatic rings. The summed E-state index contributed by atoms with van der Waals surface area (Å²) in [4.78, 5) is 13.2. The Morgan fingerprint density at radius 3 is 2.76 bits per heavy atom. The molecule has 1 aliphatic rings. The highest BCUT2D eigenvalue weighted by Crippen LogP contribution is 2.16. The van der Waals surface area contributed by atoms with E-state index < -0.39 is 18.6 Å². The third-order valence-electron chi connectivity index (χ3n) is 2.77. The molecule has 0 saturated carbocycles. The molecule has 0 aliphatic carbocycles. The van der Waals surface area contributed by atoms with Crippen LogP contribution in [-0.2, 0) is 4.79 Å². The van der Waals surface area contributed by atoms with Crippen molar-refractivity contribution in [3.63, 3.8) is 0 Å². The predicted molar refractivity (Wildman–Crippen MR) is 57.6 cm³/mol. The van der Waals surface area contributed by atoms with Gasteiger partial charge in [0, 0.05) is 12.6 Å². The Hall–Kier alpha value is -0.820. The fourth-order valence-corrected chi connectivity index (χ4v) is 2.01. The minimum absolute atomic E-state index is 0.0441. The fourth-order valence-electron chi connectivity index (χ4n) is 2.01. The molecule has 1 heterocycles. The summed E-state index contributed by atoms with van der Waals surface area (Å²) in [6.07, 6.45) is -2.38. The highest BCUT2D eigenvalue weighted by Gasteiger charge is 2.29. The number of nitrogens with zero attached hydrogens (tertiary/aromatic N) is 1. The van der Waals surface area contributed by atoms with Gasteiger partial charge in [0.25, 0.3) is 0 Å². The highest BCUT2D eigenvalue weighted by molar-refractivity contribution is 5.78. The normalized spacial score (nSPS) is 21.8. The molecule has 7 heteroatoms. The van der Waals surface area contributed by atoms with Gasteiger partial charge in [0.1, 0.15) is 6.54 Å². The molecule has 0 bridgehead atoms. The van der Waals surface area contributed by atoms with E-state index in [2.05, 4.69) is 5.32 Å². The second-order valence-electron chi connectivity index (χ2n) is 4.22. The minimum Gasteiger partial charge on any atom is -0.346 e. The number of rotatable bonds is 5. The third-order valence-corrected chi connectivity index (χ3v) is 2.77. The molecule has 0 spiro atoms. The molecular weight excluding hydrogens is 235 g/mol. The zero-order chi connectivity index (χ0) is 12.9. The summed E-state index contributed by atoms with van der Waals surface area (Å²) in [5.41, 5.74) is 0. The number of carbonyl (C=O) groups is 1. The molecule has 4 nitrogen and oxygen atoms in total. The van der Waals surface area contributed by atoms with Crippen LogP contribution in [0.25, 0.3) is 0 Å². The Balaban J connectivity index is 2.30. The van der Waals surface area contributed by atoms with Crippen LogP contribution >= 0.6 is 0 Å². The average molecular weight is 253 g/mol. The van der Waals surface area contributed by atoms with Gasteiger partial charge in [-0.3, -0.25) is 9.69 Å². The average Bonchev–Trinajstić information content (AvgIpc) is 2.63. The topological polar surface area (TPSA) is 44.4 Å². The van der Waals surface area contributed by atoms with Crippen molar-refractivity contribution in [1.29, 1.82) is 0 Å². The molecule has 1 amide bonds. The highest BCUT2D eigenvalue weighted by atomic mass is 19.4. The maximum Gasteiger partial charge on any atom is 0.405 e. The number of hydrogen-bond acceptors (Lipinski definition) is 3. The van der Waals surface area contributed by atoms with Crippen molar-refractivity contribution in [2.75, 3.05) is 33.2 Å². The lowest BCUT2D eigenvalue weighted by molar-refractivity contribution is -0.139. The number of halogens is 3. The van der Waals surface area contributed by atoms with Crippen LogP contribution in [0.5, 0.6) is 0 Å². The molecule has 1 aliphatic heterocycles. The molecule has 0 aromatic carbocycles. The monoisotopic (exact) mass is 253 g/mol. The first kappa shape index (κ1) is 14.2. The van der Waals surface area contributed by atoms with Gasteiger partial charge in [-0.25, -0.2) is 0 Å². The summed E-state index contributed by atoms with van der Waals surface area (Å²) in [7, 11) is 1.82. The lowest BCUT2D eigenvalue weighted by Gasteiger charge is -2.23. The minimum atomic E-state index is -4.34. The van der Waals surface area contributed by atoms with Crippen LogP contribution in [0, 0.1) is 0 Å². The van der Waals surface area contributed by atoms with Gasteiger partial charge in [0.05, 0.1) is 6.54 Å². The third kappa shape index (κ3) is 5.36. The van der Waals surface area contributed by atoms with E-state index in [4.69, 9.17) is 0 Å². The maximum absolute atomic E-state index is 11.9. The van der Waals surface area contributed by atoms with Crippen LogP contribution in [0.1, 0.15) is 12.8 Å². The van der Waals surface area contributed by atoms with Crippen molar-refractivity contribution in [2.45, 2.75) is 25.1 Å². The number of alkyl halides is 3. The van der Waals surface area contributed by atoms with E-state index in [1.165, 1.54) is 0 Å². The van der Waals surface area contributed by atoms with Crippen molar-refractivity contribution in [3.8, 4) is 0 Å². The van der Waals surface area contributed by atoms with Gasteiger partial charge < -0.3 is 10.6 Å². The summed E-state index contributed by atoms with van der Waals surface area (Å²) in [6, 6.07) is 0.247. The van der Waals surface area contributed by atoms with E-state index >= 15 is 0 Å². The molecule has 0 radical (unpaired) electrons. The van der Waals surface area contributed by atoms with Crippen molar-refractivity contribution >= 4 is 5.91 Å². The molecule has 17 heavy (non-hydrogen) atoms. The molecule has 100 valence electrons. The molecule has 1 saturated heterocycles. The lowest BCUT2D eigenvalue weighted by Crippen LogP contribution is -2.45. The van der Waals surface area contributed by atoms with Gasteiger partial charge in [0.2, 0.25) is 5.91 Å². The largest absolute Gasteiger partial charge is 0.405 e. The van der Waals surface area contributed by atoms with Crippen LogP contribution < -0.4 is 10.6 Å². The summed E-state index contributed by atoms with van der Waals surface area (Å²) >= 11 is 0. The van der Waals surface area contributed by atoms with Gasteiger partial charge in [-0.2, -0.15) is 13.2 Å². The SMILES string of the molecule is CNCC1CCCN1CC(=O)NCC(F)(F)F. The van der Waals surface area contributed by atoms with Gasteiger partial charge in [-0.05, 0) is 26.4 Å². The van der Waals surface area contributed by atoms with Gasteiger partial charge in [-0.15, -0.1) is 0 Å². The van der Waals surface area contributed by atoms with E-state index in [1.54, 1.807) is 0 Å². The Morgan fingerprint density at radius 1 is 1.47 bits per heavy atom. The van der Waals surface area contributed by atoms with Crippen molar-refractivity contribution < 1.29 is 18.0 Å². The Morgan fingerprint density at radius 2 is 2.18 bits per heavy atom. The number of likely N-dealkylation sites (tertiary alicyclic amines) is 1.